The van der Waals surface area contributed by atoms with Crippen molar-refractivity contribution in [2.75, 3.05) is 0 Å². The van der Waals surface area contributed by atoms with Gasteiger partial charge in [-0.25, -0.2) is 4.79 Å². The summed E-state index contributed by atoms with van der Waals surface area (Å²) in [6.45, 7) is 0. The van der Waals surface area contributed by atoms with Crippen LogP contribution in [0.25, 0.3) is 0 Å². The molecule has 0 aromatic rings. The molecule has 0 bridgehead atoms. The average molecular weight is 112 g/mol. The average Bonchev–Trinajstić information content (AvgIpc) is 1.65. The van der Waals surface area contributed by atoms with Crippen LogP contribution in [-0.2, 0) is 0 Å². The molecule has 0 rings (SSSR count). The van der Waals surface area contributed by atoms with E-state index in [4.69, 9.17) is 15.0 Å². The number of rotatable bonds is 0. The molecule has 0 aromatic carbocycles. The van der Waals surface area contributed by atoms with Gasteiger partial charge in [0, 0.05) is 0 Å². The quantitative estimate of drug-likeness (QED) is 0.448. The van der Waals surface area contributed by atoms with Crippen molar-refractivity contribution in [1.29, 1.82) is 0 Å². The molecule has 0 atom stereocenters. The summed E-state index contributed by atoms with van der Waals surface area (Å²) in [6, 6.07) is 0. The first-order valence-electron chi connectivity index (χ1n) is 1.48. The fraction of sp³-hybridized carbons (Fsp3) is 0. The molecule has 0 unspecified atom stereocenters. The lowest BCUT2D eigenvalue weighted by molar-refractivity contribution is 0.137. The van der Waals surface area contributed by atoms with Gasteiger partial charge in [-0.2, -0.15) is 0 Å². The number of hydrogen-bond donors (Lipinski definition) is 2. The van der Waals surface area contributed by atoms with Crippen LogP contribution in [0.15, 0.2) is 0 Å². The van der Waals surface area contributed by atoms with Crippen molar-refractivity contribution in [3.63, 3.8) is 0 Å². The Morgan fingerprint density at radius 3 is 1.38 bits per heavy atom. The Labute approximate surface area is 47.0 Å². The van der Waals surface area contributed by atoms with Crippen molar-refractivity contribution in [2.24, 2.45) is 0 Å². The topological polar surface area (TPSA) is 57.5 Å². The molecular formula is C5H4O3. The summed E-state index contributed by atoms with van der Waals surface area (Å²) in [7, 11) is 0. The molecule has 0 radical (unpaired) electrons. The summed E-state index contributed by atoms with van der Waals surface area (Å²) in [5.74, 6) is 3.92. The lowest BCUT2D eigenvalue weighted by Gasteiger charge is -1.60. The monoisotopic (exact) mass is 112 g/mol. The number of carbonyl (C=O) groups is 1. The molecule has 3 heteroatoms. The highest BCUT2D eigenvalue weighted by Gasteiger charge is 1.70. The lowest BCUT2D eigenvalue weighted by Crippen LogP contribution is -1.81. The second kappa shape index (κ2) is 9.04. The normalized spacial score (nSPS) is 4.25. The molecule has 0 aliphatic heterocycles. The maximum absolute atomic E-state index is 8.56. The first-order valence-corrected chi connectivity index (χ1v) is 1.48. The SMILES string of the molecule is C#CC#C.O=C(O)O. The Morgan fingerprint density at radius 2 is 1.38 bits per heavy atom. The van der Waals surface area contributed by atoms with Crippen molar-refractivity contribution in [1.82, 2.24) is 0 Å². The van der Waals surface area contributed by atoms with Crippen LogP contribution in [0.3, 0.4) is 0 Å². The molecule has 0 amide bonds. The molecule has 42 valence electrons. The first-order chi connectivity index (χ1) is 3.65. The number of hydrogen-bond acceptors (Lipinski definition) is 1. The van der Waals surface area contributed by atoms with Crippen LogP contribution in [0.4, 0.5) is 4.79 Å². The third-order valence-electron chi connectivity index (χ3n) is 0.0833. The van der Waals surface area contributed by atoms with Gasteiger partial charge < -0.3 is 10.2 Å². The van der Waals surface area contributed by atoms with E-state index in [-0.39, 0.29) is 0 Å². The van der Waals surface area contributed by atoms with Crippen molar-refractivity contribution in [2.45, 2.75) is 0 Å². The summed E-state index contributed by atoms with van der Waals surface area (Å²) < 4.78 is 0. The minimum Gasteiger partial charge on any atom is -0.450 e. The highest BCUT2D eigenvalue weighted by Crippen LogP contribution is 1.42. The van der Waals surface area contributed by atoms with Crippen molar-refractivity contribution in [3.8, 4) is 24.7 Å². The first kappa shape index (κ1) is 9.63. The van der Waals surface area contributed by atoms with Crippen LogP contribution in [-0.4, -0.2) is 16.4 Å². The van der Waals surface area contributed by atoms with Crippen LogP contribution >= 0.6 is 0 Å². The zero-order valence-electron chi connectivity index (χ0n) is 3.96. The minimum atomic E-state index is -1.83. The predicted molar refractivity (Wildman–Crippen MR) is 28.3 cm³/mol. The van der Waals surface area contributed by atoms with Gasteiger partial charge in [0.05, 0.1) is 0 Å². The van der Waals surface area contributed by atoms with Crippen LogP contribution in [0, 0.1) is 24.7 Å². The molecule has 8 heavy (non-hydrogen) atoms. The zero-order chi connectivity index (χ0) is 6.99. The van der Waals surface area contributed by atoms with Crippen LogP contribution in [0.2, 0.25) is 0 Å². The summed E-state index contributed by atoms with van der Waals surface area (Å²) in [6.07, 6.45) is 7.25. The van der Waals surface area contributed by atoms with E-state index in [9.17, 15) is 0 Å². The number of carboxylic acid groups (broad SMARTS) is 2. The number of terminal acetylenes is 2. The molecule has 0 saturated carbocycles. The fourth-order valence-electron chi connectivity index (χ4n) is 0. The fourth-order valence-corrected chi connectivity index (χ4v) is 0. The molecule has 0 aliphatic rings. The van der Waals surface area contributed by atoms with Gasteiger partial charge in [-0.1, -0.05) is 0 Å². The van der Waals surface area contributed by atoms with E-state index in [1.165, 1.54) is 0 Å². The van der Waals surface area contributed by atoms with Gasteiger partial charge in [0.1, 0.15) is 0 Å². The molecule has 0 heterocycles. The highest BCUT2D eigenvalue weighted by atomic mass is 16.6. The van der Waals surface area contributed by atoms with E-state index in [1.807, 2.05) is 11.8 Å². The van der Waals surface area contributed by atoms with Gasteiger partial charge in [-0.3, -0.25) is 0 Å². The second-order valence-corrected chi connectivity index (χ2v) is 0.571. The van der Waals surface area contributed by atoms with Gasteiger partial charge in [0.25, 0.3) is 0 Å². The summed E-state index contributed by atoms with van der Waals surface area (Å²) in [5, 5.41) is 13.9. The van der Waals surface area contributed by atoms with Gasteiger partial charge >= 0.3 is 6.16 Å². The van der Waals surface area contributed by atoms with E-state index in [2.05, 4.69) is 12.8 Å². The van der Waals surface area contributed by atoms with Crippen LogP contribution in [0.5, 0.6) is 0 Å². The van der Waals surface area contributed by atoms with Gasteiger partial charge in [0.15, 0.2) is 0 Å². The minimum absolute atomic E-state index is 1.83. The highest BCUT2D eigenvalue weighted by molar-refractivity contribution is 5.53. The molecular weight excluding hydrogens is 108 g/mol. The lowest BCUT2D eigenvalue weighted by atomic mass is 10.7. The van der Waals surface area contributed by atoms with E-state index >= 15 is 0 Å². The molecule has 0 spiro atoms. The largest absolute Gasteiger partial charge is 0.503 e. The Balaban J connectivity index is 0. The Morgan fingerprint density at radius 1 is 1.25 bits per heavy atom. The maximum atomic E-state index is 8.56. The Hall–Kier alpha value is -1.61. The smallest absolute Gasteiger partial charge is 0.450 e. The van der Waals surface area contributed by atoms with Gasteiger partial charge in [0.2, 0.25) is 0 Å². The molecule has 0 saturated heterocycles. The van der Waals surface area contributed by atoms with Crippen molar-refractivity contribution >= 4 is 6.16 Å². The molecule has 0 aromatic heterocycles. The molecule has 0 fully saturated rings. The maximum Gasteiger partial charge on any atom is 0.503 e. The summed E-state index contributed by atoms with van der Waals surface area (Å²) >= 11 is 0. The molecule has 2 N–H and O–H groups in total. The van der Waals surface area contributed by atoms with Crippen molar-refractivity contribution in [3.05, 3.63) is 0 Å². The molecule has 3 nitrogen and oxygen atoms in total. The van der Waals surface area contributed by atoms with Crippen molar-refractivity contribution < 1.29 is 15.0 Å². The van der Waals surface area contributed by atoms with E-state index in [0.717, 1.165) is 0 Å². The third-order valence-corrected chi connectivity index (χ3v) is 0.0833. The van der Waals surface area contributed by atoms with Crippen LogP contribution in [0.1, 0.15) is 0 Å². The zero-order valence-corrected chi connectivity index (χ0v) is 3.96. The molecule has 0 aliphatic carbocycles. The van der Waals surface area contributed by atoms with E-state index < -0.39 is 6.16 Å². The summed E-state index contributed by atoms with van der Waals surface area (Å²) in [4.78, 5) is 8.56. The van der Waals surface area contributed by atoms with Gasteiger partial charge in [-0.05, 0) is 11.8 Å². The second-order valence-electron chi connectivity index (χ2n) is 0.571. The predicted octanol–water partition coefficient (Wildman–Crippen LogP) is 0.475. The van der Waals surface area contributed by atoms with Crippen LogP contribution < -0.4 is 0 Å². The van der Waals surface area contributed by atoms with E-state index in [1.54, 1.807) is 0 Å². The van der Waals surface area contributed by atoms with E-state index in [0.29, 0.717) is 0 Å². The Bertz CT molecular complexity index is 119. The van der Waals surface area contributed by atoms with Gasteiger partial charge in [-0.15, -0.1) is 12.8 Å². The standard InChI is InChI=1S/C4H2.CH2O3/c1-3-4-2;2-1(3)4/h1-2H;(H2,2,3,4). The Kier molecular flexibility index (Phi) is 10.9. The third kappa shape index (κ3) is 136. The summed E-state index contributed by atoms with van der Waals surface area (Å²) in [5.41, 5.74) is 0.